The first-order chi connectivity index (χ1) is 10.1. The van der Waals surface area contributed by atoms with Crippen molar-refractivity contribution in [2.24, 2.45) is 5.84 Å². The van der Waals surface area contributed by atoms with E-state index in [4.69, 9.17) is 22.2 Å². The zero-order valence-electron chi connectivity index (χ0n) is 11.5. The van der Waals surface area contributed by atoms with Gasteiger partial charge in [0, 0.05) is 11.6 Å². The summed E-state index contributed by atoms with van der Waals surface area (Å²) in [6.07, 6.45) is 0. The lowest BCUT2D eigenvalue weighted by molar-refractivity contribution is 0.0951. The lowest BCUT2D eigenvalue weighted by atomic mass is 10.1. The molecule has 0 aliphatic heterocycles. The number of methoxy groups -OCH3 is 1. The van der Waals surface area contributed by atoms with Crippen LogP contribution in [0.4, 0.5) is 5.69 Å². The summed E-state index contributed by atoms with van der Waals surface area (Å²) in [6.45, 7) is 0.382. The molecule has 110 valence electrons. The van der Waals surface area contributed by atoms with E-state index in [-0.39, 0.29) is 5.91 Å². The summed E-state index contributed by atoms with van der Waals surface area (Å²) >= 11 is 5.91. The Morgan fingerprint density at radius 3 is 2.81 bits per heavy atom. The van der Waals surface area contributed by atoms with Crippen molar-refractivity contribution in [3.05, 3.63) is 58.6 Å². The number of nitrogens with one attached hydrogen (secondary N) is 2. The van der Waals surface area contributed by atoms with Gasteiger partial charge < -0.3 is 15.5 Å². The first kappa shape index (κ1) is 15.2. The molecule has 2 aromatic rings. The quantitative estimate of drug-likeness (QED) is 0.586. The zero-order chi connectivity index (χ0) is 15.2. The van der Waals surface area contributed by atoms with Gasteiger partial charge in [0.05, 0.1) is 18.4 Å². The van der Waals surface area contributed by atoms with Crippen molar-refractivity contribution >= 4 is 23.2 Å². The number of rotatable bonds is 5. The fourth-order valence-electron chi connectivity index (χ4n) is 1.89. The fraction of sp³-hybridized carbons (Fsp3) is 0.133. The Labute approximate surface area is 128 Å². The van der Waals surface area contributed by atoms with Gasteiger partial charge in [0.2, 0.25) is 0 Å². The van der Waals surface area contributed by atoms with E-state index in [9.17, 15) is 4.79 Å². The van der Waals surface area contributed by atoms with Crippen LogP contribution in [-0.4, -0.2) is 13.0 Å². The zero-order valence-corrected chi connectivity index (χ0v) is 12.3. The van der Waals surface area contributed by atoms with Crippen LogP contribution in [0.15, 0.2) is 42.5 Å². The Balaban J connectivity index is 2.09. The molecule has 0 aliphatic rings. The second-order valence-corrected chi connectivity index (χ2v) is 4.80. The molecule has 5 nitrogen and oxygen atoms in total. The van der Waals surface area contributed by atoms with Crippen LogP contribution in [0.1, 0.15) is 15.9 Å². The van der Waals surface area contributed by atoms with Crippen LogP contribution in [0.3, 0.4) is 0 Å². The van der Waals surface area contributed by atoms with Gasteiger partial charge in [0.1, 0.15) is 5.75 Å². The topological polar surface area (TPSA) is 76.4 Å². The molecular formula is C15H16ClN3O2. The molecule has 0 bridgehead atoms. The normalized spacial score (nSPS) is 10.0. The lowest BCUT2D eigenvalue weighted by Gasteiger charge is -2.10. The molecule has 4 N–H and O–H groups in total. The monoisotopic (exact) mass is 305 g/mol. The highest BCUT2D eigenvalue weighted by molar-refractivity contribution is 6.31. The minimum absolute atomic E-state index is 0.256. The van der Waals surface area contributed by atoms with Crippen LogP contribution in [0.5, 0.6) is 5.75 Å². The molecule has 2 aromatic carbocycles. The molecule has 6 heteroatoms. The highest BCUT2D eigenvalue weighted by Gasteiger charge is 2.11. The Morgan fingerprint density at radius 2 is 2.10 bits per heavy atom. The molecule has 0 heterocycles. The van der Waals surface area contributed by atoms with E-state index in [0.29, 0.717) is 22.8 Å². The molecule has 1 amide bonds. The number of amides is 1. The third-order valence-corrected chi connectivity index (χ3v) is 3.20. The van der Waals surface area contributed by atoms with E-state index in [1.165, 1.54) is 0 Å². The van der Waals surface area contributed by atoms with Gasteiger partial charge in [-0.1, -0.05) is 23.7 Å². The average molecular weight is 306 g/mol. The van der Waals surface area contributed by atoms with Gasteiger partial charge in [-0.05, 0) is 35.9 Å². The Kier molecular flexibility index (Phi) is 5.03. The molecule has 0 atom stereocenters. The predicted molar refractivity (Wildman–Crippen MR) is 83.4 cm³/mol. The number of hydrazine groups is 1. The number of carbonyl (C=O) groups excluding carboxylic acids is 1. The molecule has 0 spiro atoms. The number of ether oxygens (including phenoxy) is 1. The van der Waals surface area contributed by atoms with Gasteiger partial charge in [-0.25, -0.2) is 0 Å². The first-order valence-electron chi connectivity index (χ1n) is 6.31. The van der Waals surface area contributed by atoms with Crippen LogP contribution in [0.25, 0.3) is 0 Å². The van der Waals surface area contributed by atoms with Crippen LogP contribution in [0, 0.1) is 0 Å². The van der Waals surface area contributed by atoms with E-state index in [1.807, 2.05) is 24.3 Å². The van der Waals surface area contributed by atoms with E-state index < -0.39 is 0 Å². The molecule has 21 heavy (non-hydrogen) atoms. The van der Waals surface area contributed by atoms with Gasteiger partial charge in [-0.2, -0.15) is 0 Å². The number of carbonyl (C=O) groups is 1. The number of anilines is 1. The number of hydrogen-bond acceptors (Lipinski definition) is 4. The standard InChI is InChI=1S/C15H16ClN3O2/c1-21-12-4-2-3-10(7-12)9-18-15(20)13-8-11(16)5-6-14(13)19-17/h2-8,19H,9,17H2,1H3,(H,18,20). The molecule has 0 radical (unpaired) electrons. The van der Waals surface area contributed by atoms with Gasteiger partial charge >= 0.3 is 0 Å². The summed E-state index contributed by atoms with van der Waals surface area (Å²) in [7, 11) is 1.60. The molecule has 0 saturated carbocycles. The van der Waals surface area contributed by atoms with E-state index in [1.54, 1.807) is 25.3 Å². The first-order valence-corrected chi connectivity index (χ1v) is 6.69. The minimum Gasteiger partial charge on any atom is -0.497 e. The van der Waals surface area contributed by atoms with Crippen molar-refractivity contribution in [3.8, 4) is 5.75 Å². The number of halogens is 1. The van der Waals surface area contributed by atoms with Crippen LogP contribution < -0.4 is 21.3 Å². The third kappa shape index (κ3) is 3.87. The van der Waals surface area contributed by atoms with Gasteiger partial charge in [-0.15, -0.1) is 0 Å². The van der Waals surface area contributed by atoms with Crippen LogP contribution in [0.2, 0.25) is 5.02 Å². The minimum atomic E-state index is -0.256. The van der Waals surface area contributed by atoms with E-state index in [0.717, 1.165) is 11.3 Å². The van der Waals surface area contributed by atoms with Crippen molar-refractivity contribution < 1.29 is 9.53 Å². The smallest absolute Gasteiger partial charge is 0.253 e. The lowest BCUT2D eigenvalue weighted by Crippen LogP contribution is -2.24. The summed E-state index contributed by atoms with van der Waals surface area (Å²) in [6, 6.07) is 12.4. The fourth-order valence-corrected chi connectivity index (χ4v) is 2.06. The highest BCUT2D eigenvalue weighted by atomic mass is 35.5. The third-order valence-electron chi connectivity index (χ3n) is 2.97. The molecule has 0 saturated heterocycles. The van der Waals surface area contributed by atoms with Crippen molar-refractivity contribution in [2.75, 3.05) is 12.5 Å². The molecule has 0 aliphatic carbocycles. The molecule has 2 rings (SSSR count). The number of nitrogens with two attached hydrogens (primary N) is 1. The van der Waals surface area contributed by atoms with Crippen molar-refractivity contribution in [2.45, 2.75) is 6.54 Å². The van der Waals surface area contributed by atoms with Gasteiger partial charge in [0.25, 0.3) is 5.91 Å². The predicted octanol–water partition coefficient (Wildman–Crippen LogP) is 2.56. The van der Waals surface area contributed by atoms with Gasteiger partial charge in [0.15, 0.2) is 0 Å². The van der Waals surface area contributed by atoms with Gasteiger partial charge in [-0.3, -0.25) is 10.6 Å². The largest absolute Gasteiger partial charge is 0.497 e. The number of benzene rings is 2. The maximum atomic E-state index is 12.2. The maximum Gasteiger partial charge on any atom is 0.253 e. The Hall–Kier alpha value is -2.24. The maximum absolute atomic E-state index is 12.2. The summed E-state index contributed by atoms with van der Waals surface area (Å²) in [4.78, 5) is 12.2. The summed E-state index contributed by atoms with van der Waals surface area (Å²) < 4.78 is 5.14. The van der Waals surface area contributed by atoms with E-state index >= 15 is 0 Å². The van der Waals surface area contributed by atoms with Crippen molar-refractivity contribution in [1.29, 1.82) is 0 Å². The second-order valence-electron chi connectivity index (χ2n) is 4.37. The number of hydrogen-bond donors (Lipinski definition) is 3. The van der Waals surface area contributed by atoms with Crippen molar-refractivity contribution in [3.63, 3.8) is 0 Å². The van der Waals surface area contributed by atoms with Crippen LogP contribution in [-0.2, 0) is 6.54 Å². The molecule has 0 aromatic heterocycles. The number of nitrogen functional groups attached to an aromatic ring is 1. The molecule has 0 unspecified atom stereocenters. The Bertz CT molecular complexity index is 647. The second kappa shape index (κ2) is 6.97. The van der Waals surface area contributed by atoms with Crippen molar-refractivity contribution in [1.82, 2.24) is 5.32 Å². The SMILES string of the molecule is COc1cccc(CNC(=O)c2cc(Cl)ccc2NN)c1. The van der Waals surface area contributed by atoms with Crippen LogP contribution >= 0.6 is 11.6 Å². The summed E-state index contributed by atoms with van der Waals surface area (Å²) in [5.74, 6) is 5.88. The molecular weight excluding hydrogens is 290 g/mol. The summed E-state index contributed by atoms with van der Waals surface area (Å²) in [5, 5.41) is 3.29. The summed E-state index contributed by atoms with van der Waals surface area (Å²) in [5.41, 5.74) is 4.33. The van der Waals surface area contributed by atoms with E-state index in [2.05, 4.69) is 10.7 Å². The molecule has 0 fully saturated rings. The Morgan fingerprint density at radius 1 is 1.29 bits per heavy atom. The highest BCUT2D eigenvalue weighted by Crippen LogP contribution is 2.20. The average Bonchev–Trinajstić information content (AvgIpc) is 2.52.